The second kappa shape index (κ2) is 44.3. The fourth-order valence-electron chi connectivity index (χ4n) is 6.62. The van der Waals surface area contributed by atoms with Crippen molar-refractivity contribution in [2.45, 2.75) is 232 Å². The lowest BCUT2D eigenvalue weighted by molar-refractivity contribution is -0.870. The van der Waals surface area contributed by atoms with Gasteiger partial charge < -0.3 is 49.9 Å². The zero-order chi connectivity index (χ0) is 34.5. The van der Waals surface area contributed by atoms with Crippen LogP contribution in [0, 0.1) is 0 Å². The van der Waals surface area contributed by atoms with E-state index in [4.69, 9.17) is 0 Å². The molecule has 0 rings (SSSR count). The second-order valence-electron chi connectivity index (χ2n) is 17.3. The molecule has 0 aromatic heterocycles. The first kappa shape index (κ1) is 55.9. The SMILES string of the molecule is CCCCCCCCCCCCCCCCCCCCCC[N+](C)(C)C.CCCCCCCCCCCCCCCC[N+](C)(C)C.[Br-].[I-]. The van der Waals surface area contributed by atoms with Gasteiger partial charge in [0, 0.05) is 0 Å². The van der Waals surface area contributed by atoms with Crippen LogP contribution >= 0.6 is 0 Å². The van der Waals surface area contributed by atoms with Gasteiger partial charge in [0.25, 0.3) is 0 Å². The fraction of sp³-hybridized carbons (Fsp3) is 1.00. The van der Waals surface area contributed by atoms with E-state index in [0.29, 0.717) is 0 Å². The molecule has 48 heavy (non-hydrogen) atoms. The highest BCUT2D eigenvalue weighted by Gasteiger charge is 2.06. The van der Waals surface area contributed by atoms with Gasteiger partial charge in [-0.1, -0.05) is 206 Å². The van der Waals surface area contributed by atoms with Crippen molar-refractivity contribution in [3.63, 3.8) is 0 Å². The first-order valence-electron chi connectivity index (χ1n) is 21.7. The highest BCUT2D eigenvalue weighted by atomic mass is 127. The Bertz CT molecular complexity index is 543. The number of hydrogen-bond acceptors (Lipinski definition) is 0. The van der Waals surface area contributed by atoms with Gasteiger partial charge in [-0.25, -0.2) is 0 Å². The fourth-order valence-corrected chi connectivity index (χ4v) is 6.62. The molecule has 0 aromatic carbocycles. The van der Waals surface area contributed by atoms with Gasteiger partial charge in [-0.15, -0.1) is 0 Å². The van der Waals surface area contributed by atoms with Gasteiger partial charge in [0.15, 0.2) is 0 Å². The van der Waals surface area contributed by atoms with Crippen LogP contribution in [0.2, 0.25) is 0 Å². The molecule has 0 aliphatic rings. The van der Waals surface area contributed by atoms with E-state index >= 15 is 0 Å². The quantitative estimate of drug-likeness (QED) is 0.0337. The van der Waals surface area contributed by atoms with Crippen molar-refractivity contribution in [2.75, 3.05) is 55.4 Å². The van der Waals surface area contributed by atoms with Crippen molar-refractivity contribution < 1.29 is 49.9 Å². The van der Waals surface area contributed by atoms with Crippen molar-refractivity contribution in [1.29, 1.82) is 0 Å². The Morgan fingerprint density at radius 2 is 0.354 bits per heavy atom. The summed E-state index contributed by atoms with van der Waals surface area (Å²) in [4.78, 5) is 0. The van der Waals surface area contributed by atoms with Crippen LogP contribution in [0.15, 0.2) is 0 Å². The van der Waals surface area contributed by atoms with E-state index in [2.05, 4.69) is 56.1 Å². The van der Waals surface area contributed by atoms with E-state index in [1.54, 1.807) is 0 Å². The van der Waals surface area contributed by atoms with Crippen LogP contribution in [0.3, 0.4) is 0 Å². The van der Waals surface area contributed by atoms with Crippen LogP contribution in [0.5, 0.6) is 0 Å². The van der Waals surface area contributed by atoms with Crippen LogP contribution in [0.4, 0.5) is 0 Å². The lowest BCUT2D eigenvalue weighted by atomic mass is 10.0. The van der Waals surface area contributed by atoms with Crippen molar-refractivity contribution in [3.05, 3.63) is 0 Å². The average molecular weight is 860 g/mol. The summed E-state index contributed by atoms with van der Waals surface area (Å²) in [6.07, 6.45) is 49.7. The highest BCUT2D eigenvalue weighted by molar-refractivity contribution is 4.52. The molecule has 0 aliphatic heterocycles. The summed E-state index contributed by atoms with van der Waals surface area (Å²) in [5.41, 5.74) is 0. The van der Waals surface area contributed by atoms with Crippen molar-refractivity contribution in [3.8, 4) is 0 Å². The predicted octanol–water partition coefficient (Wildman–Crippen LogP) is 8.70. The summed E-state index contributed by atoms with van der Waals surface area (Å²) in [5, 5.41) is 0. The molecule has 4 heteroatoms. The Morgan fingerprint density at radius 3 is 0.479 bits per heavy atom. The van der Waals surface area contributed by atoms with Crippen molar-refractivity contribution in [2.24, 2.45) is 0 Å². The molecule has 0 fully saturated rings. The minimum absolute atomic E-state index is 0. The van der Waals surface area contributed by atoms with Crippen LogP contribution in [-0.4, -0.2) is 64.3 Å². The minimum Gasteiger partial charge on any atom is -1.00 e. The third-order valence-electron chi connectivity index (χ3n) is 9.86. The summed E-state index contributed by atoms with van der Waals surface area (Å²) < 4.78 is 2.25. The van der Waals surface area contributed by atoms with Crippen LogP contribution in [0.1, 0.15) is 232 Å². The number of quaternary nitrogens is 2. The molecule has 0 N–H and O–H groups in total. The van der Waals surface area contributed by atoms with Crippen molar-refractivity contribution >= 4 is 0 Å². The molecule has 0 unspecified atom stereocenters. The first-order valence-corrected chi connectivity index (χ1v) is 21.7. The van der Waals surface area contributed by atoms with Gasteiger partial charge in [-0.05, 0) is 25.7 Å². The van der Waals surface area contributed by atoms with Gasteiger partial charge in [0.05, 0.1) is 55.4 Å². The molecule has 0 aliphatic carbocycles. The number of unbranched alkanes of at least 4 members (excludes halogenated alkanes) is 32. The smallest absolute Gasteiger partial charge is 0.0780 e. The molecule has 0 saturated carbocycles. The Labute approximate surface area is 335 Å². The predicted molar refractivity (Wildman–Crippen MR) is 214 cm³/mol. The third-order valence-corrected chi connectivity index (χ3v) is 9.86. The monoisotopic (exact) mass is 859 g/mol. The van der Waals surface area contributed by atoms with E-state index in [-0.39, 0.29) is 41.0 Å². The molecule has 0 amide bonds. The molecule has 0 atom stereocenters. The van der Waals surface area contributed by atoms with E-state index in [0.717, 1.165) is 8.97 Å². The standard InChI is InChI=1S/C25H54N.C19H42N.BrH.HI/c1-5-6-7-8-9-10-11-12-13-14-15-16-17-18-19-20-21-22-23-24-25-26(2,3)4;1-5-6-7-8-9-10-11-12-13-14-15-16-17-18-19-20(2,3)4;;/h5-25H2,1-4H3;5-19H2,1-4H3;2*1H/q2*+1;;/p-2. The van der Waals surface area contributed by atoms with Crippen LogP contribution in [-0.2, 0) is 0 Å². The van der Waals surface area contributed by atoms with Crippen LogP contribution < -0.4 is 41.0 Å². The first-order chi connectivity index (χ1) is 22.1. The Hall–Kier alpha value is 1.13. The molecule has 0 spiro atoms. The van der Waals surface area contributed by atoms with Gasteiger partial charge in [-0.3, -0.25) is 0 Å². The summed E-state index contributed by atoms with van der Waals surface area (Å²) in [7, 11) is 13.8. The molecule has 0 radical (unpaired) electrons. The van der Waals surface area contributed by atoms with E-state index in [1.165, 1.54) is 231 Å². The summed E-state index contributed by atoms with van der Waals surface area (Å²) >= 11 is 0. The van der Waals surface area contributed by atoms with Crippen LogP contribution in [0.25, 0.3) is 0 Å². The molecular formula is C44H96BrIN2. The topological polar surface area (TPSA) is 0 Å². The molecule has 2 nitrogen and oxygen atoms in total. The summed E-state index contributed by atoms with van der Waals surface area (Å²) in [6.45, 7) is 7.26. The van der Waals surface area contributed by atoms with Gasteiger partial charge in [-0.2, -0.15) is 0 Å². The van der Waals surface area contributed by atoms with E-state index in [9.17, 15) is 0 Å². The maximum Gasteiger partial charge on any atom is 0.0780 e. The average Bonchev–Trinajstić information content (AvgIpc) is 2.99. The summed E-state index contributed by atoms with van der Waals surface area (Å²) in [6, 6.07) is 0. The number of hydrogen-bond donors (Lipinski definition) is 0. The third kappa shape index (κ3) is 59.3. The Balaban J connectivity index is -0.000000399. The van der Waals surface area contributed by atoms with Gasteiger partial charge >= 0.3 is 0 Å². The zero-order valence-electron chi connectivity index (χ0n) is 35.1. The summed E-state index contributed by atoms with van der Waals surface area (Å²) in [5.74, 6) is 0. The van der Waals surface area contributed by atoms with Crippen molar-refractivity contribution in [1.82, 2.24) is 0 Å². The molecule has 0 saturated heterocycles. The largest absolute Gasteiger partial charge is 1.00 e. The van der Waals surface area contributed by atoms with E-state index in [1.807, 2.05) is 0 Å². The molecule has 0 heterocycles. The molecule has 0 bridgehead atoms. The minimum atomic E-state index is 0. The normalized spacial score (nSPS) is 11.5. The number of rotatable bonds is 36. The number of halogens is 2. The zero-order valence-corrected chi connectivity index (χ0v) is 38.8. The molecule has 0 aromatic rings. The van der Waals surface area contributed by atoms with Gasteiger partial charge in [0.1, 0.15) is 0 Å². The van der Waals surface area contributed by atoms with E-state index < -0.39 is 0 Å². The number of nitrogens with zero attached hydrogens (tertiary/aromatic N) is 2. The maximum absolute atomic E-state index is 2.30. The molecular weight excluding hydrogens is 763 g/mol. The Morgan fingerprint density at radius 1 is 0.229 bits per heavy atom. The second-order valence-corrected chi connectivity index (χ2v) is 17.3. The highest BCUT2D eigenvalue weighted by Crippen LogP contribution is 2.16. The Kier molecular flexibility index (Phi) is 51.6. The lowest BCUT2D eigenvalue weighted by Gasteiger charge is -2.23. The van der Waals surface area contributed by atoms with Gasteiger partial charge in [0.2, 0.25) is 0 Å². The maximum atomic E-state index is 2.30. The molecule has 296 valence electrons. The lowest BCUT2D eigenvalue weighted by Crippen LogP contribution is -3.00.